The fraction of sp³-hybridized carbons (Fsp3) is 0.294. The summed E-state index contributed by atoms with van der Waals surface area (Å²) < 4.78 is 0. The molecule has 3 N–H and O–H groups in total. The molecule has 0 spiro atoms. The van der Waals surface area contributed by atoms with Crippen LogP contribution < -0.4 is 11.1 Å². The molecule has 4 nitrogen and oxygen atoms in total. The van der Waals surface area contributed by atoms with E-state index in [-0.39, 0.29) is 11.2 Å². The molecule has 0 saturated heterocycles. The summed E-state index contributed by atoms with van der Waals surface area (Å²) in [6.07, 6.45) is 1.69. The van der Waals surface area contributed by atoms with Gasteiger partial charge in [-0.05, 0) is 51.0 Å². The van der Waals surface area contributed by atoms with Crippen molar-refractivity contribution in [1.82, 2.24) is 4.98 Å². The van der Waals surface area contributed by atoms with Crippen LogP contribution in [0, 0.1) is 20.8 Å². The number of nitrogens with one attached hydrogen (secondary N) is 1. The number of nitrogen functional groups attached to an aromatic ring is 1. The van der Waals surface area contributed by atoms with Gasteiger partial charge in [0.15, 0.2) is 0 Å². The van der Waals surface area contributed by atoms with E-state index >= 15 is 0 Å². The first kappa shape index (κ1) is 16.4. The van der Waals surface area contributed by atoms with E-state index in [1.54, 1.807) is 12.3 Å². The van der Waals surface area contributed by atoms with E-state index in [2.05, 4.69) is 29.4 Å². The molecule has 1 heterocycles. The van der Waals surface area contributed by atoms with Gasteiger partial charge in [0.2, 0.25) is 5.91 Å². The topological polar surface area (TPSA) is 68.0 Å². The van der Waals surface area contributed by atoms with E-state index in [0.717, 1.165) is 21.7 Å². The zero-order chi connectivity index (χ0) is 16.3. The summed E-state index contributed by atoms with van der Waals surface area (Å²) in [4.78, 5) is 17.4. The minimum atomic E-state index is -0.217. The molecule has 0 aliphatic heterocycles. The summed E-state index contributed by atoms with van der Waals surface area (Å²) in [5.74, 6) is 0.462. The van der Waals surface area contributed by atoms with Crippen molar-refractivity contribution in [3.63, 3.8) is 0 Å². The molecule has 2 aromatic rings. The number of aromatic nitrogens is 1. The largest absolute Gasteiger partial charge is 0.384 e. The number of pyridine rings is 1. The SMILES string of the molecule is Cc1cc(C)c(NC(=O)C(C)Sc2ccc(N)nc2)c(C)c1. The number of amides is 1. The number of aryl methyl sites for hydroxylation is 3. The molecule has 1 aromatic carbocycles. The van der Waals surface area contributed by atoms with Gasteiger partial charge in [0, 0.05) is 16.8 Å². The Morgan fingerprint density at radius 1 is 1.23 bits per heavy atom. The van der Waals surface area contributed by atoms with Gasteiger partial charge in [0.05, 0.1) is 5.25 Å². The van der Waals surface area contributed by atoms with Crippen LogP contribution in [0.15, 0.2) is 35.4 Å². The van der Waals surface area contributed by atoms with E-state index < -0.39 is 0 Å². The predicted octanol–water partition coefficient (Wildman–Crippen LogP) is 3.71. The second kappa shape index (κ2) is 6.83. The minimum Gasteiger partial charge on any atom is -0.384 e. The first-order valence-corrected chi connectivity index (χ1v) is 8.01. The summed E-state index contributed by atoms with van der Waals surface area (Å²) in [7, 11) is 0. The molecule has 0 radical (unpaired) electrons. The maximum atomic E-state index is 12.4. The quantitative estimate of drug-likeness (QED) is 0.844. The molecule has 0 aliphatic rings. The fourth-order valence-corrected chi connectivity index (χ4v) is 3.16. The van der Waals surface area contributed by atoms with Crippen molar-refractivity contribution >= 4 is 29.2 Å². The van der Waals surface area contributed by atoms with E-state index in [1.807, 2.05) is 26.8 Å². The molecule has 1 unspecified atom stereocenters. The van der Waals surface area contributed by atoms with Crippen molar-refractivity contribution in [3.8, 4) is 0 Å². The van der Waals surface area contributed by atoms with Gasteiger partial charge in [0.25, 0.3) is 0 Å². The maximum Gasteiger partial charge on any atom is 0.237 e. The van der Waals surface area contributed by atoms with Crippen molar-refractivity contribution < 1.29 is 4.79 Å². The Bertz CT molecular complexity index is 660. The normalized spacial score (nSPS) is 12.0. The zero-order valence-corrected chi connectivity index (χ0v) is 14.1. The summed E-state index contributed by atoms with van der Waals surface area (Å²) >= 11 is 1.46. The standard InChI is InChI=1S/C17H21N3OS/c1-10-7-11(2)16(12(3)8-10)20-17(21)13(4)22-14-5-6-15(18)19-9-14/h5-9,13H,1-4H3,(H2,18,19)(H,20,21). The zero-order valence-electron chi connectivity index (χ0n) is 13.3. The molecule has 0 bridgehead atoms. The highest BCUT2D eigenvalue weighted by atomic mass is 32.2. The Kier molecular flexibility index (Phi) is 5.08. The van der Waals surface area contributed by atoms with Crippen LogP contribution in [0.1, 0.15) is 23.6 Å². The number of rotatable bonds is 4. The molecule has 2 rings (SSSR count). The van der Waals surface area contributed by atoms with E-state index in [4.69, 9.17) is 5.73 Å². The number of nitrogens with two attached hydrogens (primary N) is 1. The highest BCUT2D eigenvalue weighted by Gasteiger charge is 2.16. The van der Waals surface area contributed by atoms with Gasteiger partial charge < -0.3 is 11.1 Å². The van der Waals surface area contributed by atoms with Crippen molar-refractivity contribution in [3.05, 3.63) is 47.2 Å². The number of hydrogen-bond donors (Lipinski definition) is 2. The number of nitrogens with zero attached hydrogens (tertiary/aromatic N) is 1. The van der Waals surface area contributed by atoms with Crippen molar-refractivity contribution in [1.29, 1.82) is 0 Å². The fourth-order valence-electron chi connectivity index (χ4n) is 2.32. The lowest BCUT2D eigenvalue weighted by molar-refractivity contribution is -0.115. The van der Waals surface area contributed by atoms with E-state index in [1.165, 1.54) is 17.3 Å². The summed E-state index contributed by atoms with van der Waals surface area (Å²) in [6.45, 7) is 7.96. The van der Waals surface area contributed by atoms with Crippen LogP contribution in [0.5, 0.6) is 0 Å². The monoisotopic (exact) mass is 315 g/mol. The number of benzene rings is 1. The molecular weight excluding hydrogens is 294 g/mol. The molecule has 116 valence electrons. The van der Waals surface area contributed by atoms with Crippen molar-refractivity contribution in [2.75, 3.05) is 11.1 Å². The molecule has 0 aliphatic carbocycles. The van der Waals surface area contributed by atoms with Crippen LogP contribution in [0.25, 0.3) is 0 Å². The lowest BCUT2D eigenvalue weighted by Crippen LogP contribution is -2.23. The molecule has 1 aromatic heterocycles. The van der Waals surface area contributed by atoms with Gasteiger partial charge in [-0.25, -0.2) is 4.98 Å². The number of thioether (sulfide) groups is 1. The number of carbonyl (C=O) groups excluding carboxylic acids is 1. The Hall–Kier alpha value is -2.01. The third kappa shape index (κ3) is 4.01. The predicted molar refractivity (Wildman–Crippen MR) is 93.3 cm³/mol. The lowest BCUT2D eigenvalue weighted by Gasteiger charge is -2.16. The smallest absolute Gasteiger partial charge is 0.237 e. The molecule has 5 heteroatoms. The van der Waals surface area contributed by atoms with Crippen LogP contribution in [-0.2, 0) is 4.79 Å². The average Bonchev–Trinajstić information content (AvgIpc) is 2.45. The third-order valence-corrected chi connectivity index (χ3v) is 4.45. The van der Waals surface area contributed by atoms with E-state index in [0.29, 0.717) is 5.82 Å². The van der Waals surface area contributed by atoms with Crippen LogP contribution in [-0.4, -0.2) is 16.1 Å². The van der Waals surface area contributed by atoms with Crippen LogP contribution in [0.2, 0.25) is 0 Å². The first-order chi connectivity index (χ1) is 10.4. The first-order valence-electron chi connectivity index (χ1n) is 7.13. The molecule has 1 atom stereocenters. The van der Waals surface area contributed by atoms with Gasteiger partial charge in [-0.3, -0.25) is 4.79 Å². The van der Waals surface area contributed by atoms with Crippen molar-refractivity contribution in [2.45, 2.75) is 37.8 Å². The van der Waals surface area contributed by atoms with Crippen LogP contribution >= 0.6 is 11.8 Å². The van der Waals surface area contributed by atoms with E-state index in [9.17, 15) is 4.79 Å². The van der Waals surface area contributed by atoms with Crippen LogP contribution in [0.3, 0.4) is 0 Å². The Morgan fingerprint density at radius 3 is 2.41 bits per heavy atom. The van der Waals surface area contributed by atoms with Gasteiger partial charge in [-0.1, -0.05) is 17.7 Å². The van der Waals surface area contributed by atoms with Gasteiger partial charge in [0.1, 0.15) is 5.82 Å². The average molecular weight is 315 g/mol. The minimum absolute atomic E-state index is 0.0168. The molecule has 0 saturated carbocycles. The summed E-state index contributed by atoms with van der Waals surface area (Å²) in [5.41, 5.74) is 9.83. The Labute approximate surface area is 135 Å². The summed E-state index contributed by atoms with van der Waals surface area (Å²) in [6, 6.07) is 7.76. The molecule has 22 heavy (non-hydrogen) atoms. The second-order valence-corrected chi connectivity index (χ2v) is 6.86. The molecule has 0 fully saturated rings. The van der Waals surface area contributed by atoms with Crippen LogP contribution in [0.4, 0.5) is 11.5 Å². The lowest BCUT2D eigenvalue weighted by atomic mass is 10.1. The van der Waals surface area contributed by atoms with Gasteiger partial charge in [-0.2, -0.15) is 0 Å². The molecular formula is C17H21N3OS. The Balaban J connectivity index is 2.07. The highest BCUT2D eigenvalue weighted by molar-refractivity contribution is 8.00. The second-order valence-electron chi connectivity index (χ2n) is 5.44. The maximum absolute atomic E-state index is 12.4. The van der Waals surface area contributed by atoms with Gasteiger partial charge >= 0.3 is 0 Å². The number of anilines is 2. The number of carbonyl (C=O) groups is 1. The van der Waals surface area contributed by atoms with Crippen molar-refractivity contribution in [2.24, 2.45) is 0 Å². The third-order valence-electron chi connectivity index (χ3n) is 3.37. The summed E-state index contributed by atoms with van der Waals surface area (Å²) in [5, 5.41) is 2.82. The van der Waals surface area contributed by atoms with Gasteiger partial charge in [-0.15, -0.1) is 11.8 Å². The Morgan fingerprint density at radius 2 is 1.86 bits per heavy atom. The highest BCUT2D eigenvalue weighted by Crippen LogP contribution is 2.26. The number of hydrogen-bond acceptors (Lipinski definition) is 4. The molecule has 1 amide bonds.